The zero-order valence-corrected chi connectivity index (χ0v) is 7.85. The van der Waals surface area contributed by atoms with E-state index < -0.39 is 0 Å². The molecule has 0 atom stereocenters. The van der Waals surface area contributed by atoms with Crippen LogP contribution in [0, 0.1) is 18.3 Å². The first-order valence-electron chi connectivity index (χ1n) is 3.36. The Morgan fingerprint density at radius 3 is 2.91 bits per heavy atom. The van der Waals surface area contributed by atoms with Crippen molar-refractivity contribution in [2.75, 3.05) is 0 Å². The molecular formula is C9H8BrN. The third-order valence-corrected chi connectivity index (χ3v) is 2.07. The summed E-state index contributed by atoms with van der Waals surface area (Å²) in [6, 6.07) is 8.11. The van der Waals surface area contributed by atoms with Crippen LogP contribution in [-0.2, 0) is 6.42 Å². The Balaban J connectivity index is 3.05. The molecule has 0 fully saturated rings. The van der Waals surface area contributed by atoms with E-state index in [-0.39, 0.29) is 0 Å². The molecule has 0 N–H and O–H groups in total. The Morgan fingerprint density at radius 1 is 1.55 bits per heavy atom. The number of benzene rings is 1. The van der Waals surface area contributed by atoms with Crippen molar-refractivity contribution in [1.82, 2.24) is 0 Å². The van der Waals surface area contributed by atoms with Crippen molar-refractivity contribution < 1.29 is 0 Å². The molecule has 0 unspecified atom stereocenters. The molecule has 2 heteroatoms. The number of nitriles is 1. The lowest BCUT2D eigenvalue weighted by Gasteiger charge is -2.00. The van der Waals surface area contributed by atoms with Gasteiger partial charge in [0.25, 0.3) is 0 Å². The first-order valence-corrected chi connectivity index (χ1v) is 4.15. The molecule has 0 saturated carbocycles. The molecule has 0 saturated heterocycles. The van der Waals surface area contributed by atoms with Gasteiger partial charge in [-0.3, -0.25) is 0 Å². The Kier molecular flexibility index (Phi) is 2.67. The van der Waals surface area contributed by atoms with E-state index in [2.05, 4.69) is 22.0 Å². The van der Waals surface area contributed by atoms with Crippen molar-refractivity contribution in [2.45, 2.75) is 13.3 Å². The molecule has 0 spiro atoms. The van der Waals surface area contributed by atoms with Gasteiger partial charge < -0.3 is 0 Å². The van der Waals surface area contributed by atoms with Gasteiger partial charge >= 0.3 is 0 Å². The molecule has 0 aliphatic heterocycles. The monoisotopic (exact) mass is 209 g/mol. The predicted molar refractivity (Wildman–Crippen MR) is 48.2 cm³/mol. The van der Waals surface area contributed by atoms with Crippen LogP contribution >= 0.6 is 15.9 Å². The molecule has 1 nitrogen and oxygen atoms in total. The van der Waals surface area contributed by atoms with Crippen LogP contribution in [0.15, 0.2) is 22.7 Å². The van der Waals surface area contributed by atoms with Crippen LogP contribution < -0.4 is 0 Å². The number of hydrogen-bond acceptors (Lipinski definition) is 1. The fourth-order valence-corrected chi connectivity index (χ4v) is 1.32. The fourth-order valence-electron chi connectivity index (χ4n) is 0.916. The van der Waals surface area contributed by atoms with Gasteiger partial charge in [-0.15, -0.1) is 0 Å². The van der Waals surface area contributed by atoms with Crippen LogP contribution in [0.25, 0.3) is 0 Å². The Labute approximate surface area is 74.8 Å². The zero-order chi connectivity index (χ0) is 8.27. The summed E-state index contributed by atoms with van der Waals surface area (Å²) >= 11 is 3.36. The molecule has 0 aliphatic rings. The van der Waals surface area contributed by atoms with Gasteiger partial charge in [0.1, 0.15) is 0 Å². The minimum Gasteiger partial charge on any atom is -0.198 e. The molecule has 1 rings (SSSR count). The summed E-state index contributed by atoms with van der Waals surface area (Å²) in [5.74, 6) is 0. The molecule has 0 bridgehead atoms. The number of rotatable bonds is 1. The van der Waals surface area contributed by atoms with Gasteiger partial charge in [-0.05, 0) is 30.2 Å². The maximum Gasteiger partial charge on any atom is 0.0669 e. The van der Waals surface area contributed by atoms with Crippen molar-refractivity contribution in [3.63, 3.8) is 0 Å². The largest absolute Gasteiger partial charge is 0.198 e. The first kappa shape index (κ1) is 8.29. The summed E-state index contributed by atoms with van der Waals surface area (Å²) < 4.78 is 1.04. The van der Waals surface area contributed by atoms with Gasteiger partial charge in [0.15, 0.2) is 0 Å². The number of aryl methyl sites for hydroxylation is 1. The fraction of sp³-hybridized carbons (Fsp3) is 0.222. The molecule has 0 aromatic heterocycles. The van der Waals surface area contributed by atoms with E-state index in [0.29, 0.717) is 6.42 Å². The number of hydrogen-bond donors (Lipinski definition) is 0. The lowest BCUT2D eigenvalue weighted by Crippen LogP contribution is -1.86. The molecule has 0 aliphatic carbocycles. The van der Waals surface area contributed by atoms with Crippen molar-refractivity contribution in [1.29, 1.82) is 5.26 Å². The van der Waals surface area contributed by atoms with Gasteiger partial charge in [-0.1, -0.05) is 22.0 Å². The highest BCUT2D eigenvalue weighted by Crippen LogP contribution is 2.15. The van der Waals surface area contributed by atoms with Crippen molar-refractivity contribution in [3.05, 3.63) is 33.8 Å². The highest BCUT2D eigenvalue weighted by atomic mass is 79.9. The summed E-state index contributed by atoms with van der Waals surface area (Å²) in [6.07, 6.45) is 0.491. The van der Waals surface area contributed by atoms with Gasteiger partial charge in [0.05, 0.1) is 12.5 Å². The molecule has 0 heterocycles. The summed E-state index contributed by atoms with van der Waals surface area (Å²) in [7, 11) is 0. The van der Waals surface area contributed by atoms with Crippen molar-refractivity contribution in [2.24, 2.45) is 0 Å². The van der Waals surface area contributed by atoms with Crippen LogP contribution in [0.1, 0.15) is 11.1 Å². The van der Waals surface area contributed by atoms with Gasteiger partial charge in [0, 0.05) is 4.47 Å². The lowest BCUT2D eigenvalue weighted by atomic mass is 10.1. The van der Waals surface area contributed by atoms with E-state index in [0.717, 1.165) is 10.0 Å². The number of nitrogens with zero attached hydrogens (tertiary/aromatic N) is 1. The van der Waals surface area contributed by atoms with Crippen LogP contribution in [0.5, 0.6) is 0 Å². The zero-order valence-electron chi connectivity index (χ0n) is 6.26. The molecular weight excluding hydrogens is 202 g/mol. The van der Waals surface area contributed by atoms with E-state index in [1.165, 1.54) is 5.56 Å². The summed E-state index contributed by atoms with van der Waals surface area (Å²) in [6.45, 7) is 2.01. The molecule has 1 aromatic carbocycles. The predicted octanol–water partition coefficient (Wildman–Crippen LogP) is 2.82. The highest BCUT2D eigenvalue weighted by molar-refractivity contribution is 9.10. The van der Waals surface area contributed by atoms with Crippen molar-refractivity contribution in [3.8, 4) is 6.07 Å². The second-order valence-electron chi connectivity index (χ2n) is 2.41. The van der Waals surface area contributed by atoms with Gasteiger partial charge in [-0.25, -0.2) is 0 Å². The topological polar surface area (TPSA) is 23.8 Å². The SMILES string of the molecule is Cc1ccc(Br)cc1CC#N. The van der Waals surface area contributed by atoms with E-state index in [4.69, 9.17) is 5.26 Å². The van der Waals surface area contributed by atoms with Crippen LogP contribution in [0.4, 0.5) is 0 Å². The Hall–Kier alpha value is -0.810. The van der Waals surface area contributed by atoms with E-state index in [1.54, 1.807) is 0 Å². The minimum atomic E-state index is 0.491. The first-order chi connectivity index (χ1) is 5.24. The lowest BCUT2D eigenvalue weighted by molar-refractivity contribution is 1.21. The van der Waals surface area contributed by atoms with E-state index in [9.17, 15) is 0 Å². The van der Waals surface area contributed by atoms with E-state index in [1.807, 2.05) is 25.1 Å². The second kappa shape index (κ2) is 3.54. The Morgan fingerprint density at radius 2 is 2.27 bits per heavy atom. The maximum absolute atomic E-state index is 8.47. The van der Waals surface area contributed by atoms with Gasteiger partial charge in [0.2, 0.25) is 0 Å². The smallest absolute Gasteiger partial charge is 0.0669 e. The highest BCUT2D eigenvalue weighted by Gasteiger charge is 1.96. The maximum atomic E-state index is 8.47. The standard InChI is InChI=1S/C9H8BrN/c1-7-2-3-9(10)6-8(7)4-5-11/h2-3,6H,4H2,1H3. The quantitative estimate of drug-likeness (QED) is 0.699. The summed E-state index contributed by atoms with van der Waals surface area (Å²) in [5.41, 5.74) is 2.27. The summed E-state index contributed by atoms with van der Waals surface area (Å²) in [4.78, 5) is 0. The van der Waals surface area contributed by atoms with Crippen molar-refractivity contribution >= 4 is 15.9 Å². The van der Waals surface area contributed by atoms with Crippen LogP contribution in [0.3, 0.4) is 0 Å². The molecule has 1 aromatic rings. The molecule has 56 valence electrons. The molecule has 11 heavy (non-hydrogen) atoms. The van der Waals surface area contributed by atoms with Crippen LogP contribution in [0.2, 0.25) is 0 Å². The average Bonchev–Trinajstić information content (AvgIpc) is 1.98. The number of halogens is 1. The van der Waals surface area contributed by atoms with E-state index >= 15 is 0 Å². The summed E-state index contributed by atoms with van der Waals surface area (Å²) in [5, 5.41) is 8.47. The molecule has 0 radical (unpaired) electrons. The normalized spacial score (nSPS) is 9.18. The average molecular weight is 210 g/mol. The minimum absolute atomic E-state index is 0.491. The molecule has 0 amide bonds. The van der Waals surface area contributed by atoms with Crippen LogP contribution in [-0.4, -0.2) is 0 Å². The third-order valence-electron chi connectivity index (χ3n) is 1.58. The second-order valence-corrected chi connectivity index (χ2v) is 3.32. The van der Waals surface area contributed by atoms with Gasteiger partial charge in [-0.2, -0.15) is 5.26 Å². The Bertz CT molecular complexity index is 299. The third kappa shape index (κ3) is 2.06.